The second-order valence-electron chi connectivity index (χ2n) is 11.5. The molecule has 0 aromatic rings. The van der Waals surface area contributed by atoms with E-state index < -0.39 is 129 Å². The second-order valence-corrected chi connectivity index (χ2v) is 11.5. The van der Waals surface area contributed by atoms with Gasteiger partial charge in [-0.2, -0.15) is 0 Å². The van der Waals surface area contributed by atoms with Crippen molar-refractivity contribution in [3.63, 3.8) is 0 Å². The van der Waals surface area contributed by atoms with Gasteiger partial charge in [0.05, 0.1) is 37.5 Å². The number of aliphatic hydroxyl groups excluding tert-OH is 8. The van der Waals surface area contributed by atoms with Crippen LogP contribution in [0.1, 0.15) is 39.0 Å². The highest BCUT2D eigenvalue weighted by atomic mass is 16.7. The van der Waals surface area contributed by atoms with E-state index in [9.17, 15) is 65.1 Å². The zero-order chi connectivity index (χ0) is 36.4. The number of nitrogens with zero attached hydrogens (tertiary/aromatic N) is 3. The Hall–Kier alpha value is -3.25. The Morgan fingerprint density at radius 1 is 0.917 bits per heavy atom. The van der Waals surface area contributed by atoms with E-state index in [2.05, 4.69) is 20.7 Å². The summed E-state index contributed by atoms with van der Waals surface area (Å²) in [6, 6.07) is -3.25. The van der Waals surface area contributed by atoms with Crippen LogP contribution >= 0.6 is 0 Å². The first kappa shape index (κ1) is 40.9. The molecule has 2 saturated heterocycles. The highest BCUT2D eigenvalue weighted by molar-refractivity contribution is 5.79. The van der Waals surface area contributed by atoms with E-state index in [1.807, 2.05) is 0 Å². The Kier molecular flexibility index (Phi) is 15.3. The predicted molar refractivity (Wildman–Crippen MR) is 153 cm³/mol. The molecule has 0 aliphatic carbocycles. The molecule has 0 saturated carbocycles. The molecule has 2 fully saturated rings. The van der Waals surface area contributed by atoms with Crippen LogP contribution in [-0.4, -0.2) is 173 Å². The first-order valence-corrected chi connectivity index (χ1v) is 14.8. The smallest absolute Gasteiger partial charge is 0.364 e. The standard InChI is InChI=1S/C26H43N5O17/c1-11(35)29-17-12(36)6-25(23(42)43,4-2-3-5-28-31-27)47-22(17)20(41)15(9-33)46-26(24(44)45)7-13(37)18(30-16(39)10-34)21(48-26)19(40)14(38)8-32/h12-15,17-22,32-34,36-38,40-41H,2-10H2,1H3,(H,29,35)(H,30,39)(H,42,43)(H,44,45)/t12-,13-,14?,15?,17+,18+,19?,20?,21+,22+,25+,26+/m0/s1. The summed E-state index contributed by atoms with van der Waals surface area (Å²) in [7, 11) is 0. The van der Waals surface area contributed by atoms with E-state index in [1.165, 1.54) is 0 Å². The number of carbonyl (C=O) groups excluding carboxylic acids is 2. The number of azide groups is 1. The van der Waals surface area contributed by atoms with Crippen molar-refractivity contribution >= 4 is 23.8 Å². The molecule has 0 bridgehead atoms. The third-order valence-corrected chi connectivity index (χ3v) is 8.11. The van der Waals surface area contributed by atoms with Gasteiger partial charge in [0, 0.05) is 31.2 Å². The molecule has 48 heavy (non-hydrogen) atoms. The molecular weight excluding hydrogens is 654 g/mol. The SMILES string of the molecule is CC(=O)N[C@@H]1[C@@H](O)C[C@](CCCCN=[N+]=[N-])(C(=O)O)O[C@H]1C(O)C(CO)O[C@]1(C(=O)O)C[C@H](O)[C@@H](NC(=O)CO)[C@H](C(O)C(O)CO)O1. The lowest BCUT2D eigenvalue weighted by Crippen LogP contribution is -2.70. The number of ether oxygens (including phenoxy) is 3. The van der Waals surface area contributed by atoms with E-state index >= 15 is 0 Å². The average Bonchev–Trinajstić information content (AvgIpc) is 3.04. The van der Waals surface area contributed by atoms with Crippen LogP contribution in [0.25, 0.3) is 10.4 Å². The fraction of sp³-hybridized carbons (Fsp3) is 0.846. The van der Waals surface area contributed by atoms with Crippen LogP contribution in [0.3, 0.4) is 0 Å². The second kappa shape index (κ2) is 17.9. The number of nitrogens with one attached hydrogen (secondary N) is 2. The molecule has 22 nitrogen and oxygen atoms in total. The van der Waals surface area contributed by atoms with Crippen molar-refractivity contribution in [1.82, 2.24) is 10.6 Å². The topological polar surface area (TPSA) is 371 Å². The van der Waals surface area contributed by atoms with Crippen LogP contribution in [0.15, 0.2) is 5.11 Å². The van der Waals surface area contributed by atoms with Crippen LogP contribution in [0.2, 0.25) is 0 Å². The van der Waals surface area contributed by atoms with E-state index in [1.54, 1.807) is 0 Å². The highest BCUT2D eigenvalue weighted by Crippen LogP contribution is 2.39. The lowest BCUT2D eigenvalue weighted by molar-refractivity contribution is -0.337. The predicted octanol–water partition coefficient (Wildman–Crippen LogP) is -5.19. The summed E-state index contributed by atoms with van der Waals surface area (Å²) in [5, 5.41) is 111. The summed E-state index contributed by atoms with van der Waals surface area (Å²) in [5.74, 6) is -8.55. The first-order valence-electron chi connectivity index (χ1n) is 14.8. The Labute approximate surface area is 272 Å². The van der Waals surface area contributed by atoms with Gasteiger partial charge < -0.3 is 75.9 Å². The number of carboxylic acid groups (broad SMARTS) is 2. The van der Waals surface area contributed by atoms with Gasteiger partial charge in [-0.05, 0) is 24.8 Å². The maximum atomic E-state index is 12.6. The summed E-state index contributed by atoms with van der Waals surface area (Å²) in [6.07, 6.45) is -17.9. The Bertz CT molecular complexity index is 1180. The first-order chi connectivity index (χ1) is 22.5. The minimum Gasteiger partial charge on any atom is -0.479 e. The fourth-order valence-corrected chi connectivity index (χ4v) is 5.72. The molecule has 0 spiro atoms. The number of amides is 2. The van der Waals surface area contributed by atoms with Crippen LogP contribution < -0.4 is 10.6 Å². The van der Waals surface area contributed by atoms with E-state index in [4.69, 9.17) is 24.8 Å². The minimum absolute atomic E-state index is 0.00837. The van der Waals surface area contributed by atoms with Gasteiger partial charge in [0.2, 0.25) is 11.8 Å². The molecule has 0 aromatic heterocycles. The number of carboxylic acids is 2. The van der Waals surface area contributed by atoms with Crippen molar-refractivity contribution in [3.05, 3.63) is 10.4 Å². The Morgan fingerprint density at radius 2 is 1.52 bits per heavy atom. The fourth-order valence-electron chi connectivity index (χ4n) is 5.72. The number of aliphatic hydroxyl groups is 8. The van der Waals surface area contributed by atoms with E-state index in [-0.39, 0.29) is 25.8 Å². The number of rotatable bonds is 18. The molecule has 2 amide bonds. The quantitative estimate of drug-likeness (QED) is 0.0275. The van der Waals surface area contributed by atoms with Gasteiger partial charge in [-0.3, -0.25) is 9.59 Å². The maximum absolute atomic E-state index is 12.6. The Morgan fingerprint density at radius 3 is 2.04 bits per heavy atom. The monoisotopic (exact) mass is 697 g/mol. The Balaban J connectivity index is 2.52. The molecule has 12 N–H and O–H groups in total. The van der Waals surface area contributed by atoms with Gasteiger partial charge in [-0.1, -0.05) is 5.11 Å². The van der Waals surface area contributed by atoms with Crippen molar-refractivity contribution in [2.75, 3.05) is 26.4 Å². The lowest BCUT2D eigenvalue weighted by atomic mass is 9.81. The summed E-state index contributed by atoms with van der Waals surface area (Å²) >= 11 is 0. The normalized spacial score (nSPS) is 32.9. The van der Waals surface area contributed by atoms with Gasteiger partial charge in [-0.25, -0.2) is 9.59 Å². The lowest BCUT2D eigenvalue weighted by Gasteiger charge is -2.50. The number of unbranched alkanes of at least 4 members (excludes halogenated alkanes) is 1. The van der Waals surface area contributed by atoms with Crippen LogP contribution in [-0.2, 0) is 33.4 Å². The average molecular weight is 698 g/mol. The van der Waals surface area contributed by atoms with E-state index in [0.717, 1.165) is 6.92 Å². The summed E-state index contributed by atoms with van der Waals surface area (Å²) in [5.41, 5.74) is 6.27. The third kappa shape index (κ3) is 9.68. The zero-order valence-electron chi connectivity index (χ0n) is 25.8. The molecule has 274 valence electrons. The van der Waals surface area contributed by atoms with E-state index in [0.29, 0.717) is 0 Å². The van der Waals surface area contributed by atoms with Crippen LogP contribution in [0.4, 0.5) is 0 Å². The van der Waals surface area contributed by atoms with Gasteiger partial charge in [-0.15, -0.1) is 0 Å². The van der Waals surface area contributed by atoms with Gasteiger partial charge in [0.15, 0.2) is 5.60 Å². The van der Waals surface area contributed by atoms with Gasteiger partial charge >= 0.3 is 11.9 Å². The summed E-state index contributed by atoms with van der Waals surface area (Å²) in [4.78, 5) is 51.6. The van der Waals surface area contributed by atoms with Crippen LogP contribution in [0.5, 0.6) is 0 Å². The molecule has 4 unspecified atom stereocenters. The third-order valence-electron chi connectivity index (χ3n) is 8.11. The molecule has 2 aliphatic heterocycles. The van der Waals surface area contributed by atoms with Crippen molar-refractivity contribution < 1.29 is 84.5 Å². The maximum Gasteiger partial charge on any atom is 0.364 e. The molecule has 0 aromatic carbocycles. The molecular formula is C26H43N5O17. The molecule has 2 heterocycles. The zero-order valence-corrected chi connectivity index (χ0v) is 25.8. The van der Waals surface area contributed by atoms with Gasteiger partial charge in [0.25, 0.3) is 5.79 Å². The molecule has 22 heteroatoms. The summed E-state index contributed by atoms with van der Waals surface area (Å²) in [6.45, 7) is -2.40. The largest absolute Gasteiger partial charge is 0.479 e. The minimum atomic E-state index is -3.09. The molecule has 12 atom stereocenters. The van der Waals surface area contributed by atoms with Crippen molar-refractivity contribution in [2.45, 2.75) is 111 Å². The molecule has 2 aliphatic rings. The number of aliphatic carboxylic acids is 2. The van der Waals surface area contributed by atoms with Crippen molar-refractivity contribution in [1.29, 1.82) is 0 Å². The molecule has 2 rings (SSSR count). The number of carbonyl (C=O) groups is 4. The van der Waals surface area contributed by atoms with Crippen molar-refractivity contribution in [2.24, 2.45) is 5.11 Å². The van der Waals surface area contributed by atoms with Gasteiger partial charge in [0.1, 0.15) is 43.2 Å². The van der Waals surface area contributed by atoms with Crippen molar-refractivity contribution in [3.8, 4) is 0 Å². The number of hydrogen-bond acceptors (Lipinski definition) is 16. The molecule has 0 radical (unpaired) electrons. The van der Waals surface area contributed by atoms with Crippen LogP contribution in [0, 0.1) is 0 Å². The number of hydrogen-bond donors (Lipinski definition) is 12. The summed E-state index contributed by atoms with van der Waals surface area (Å²) < 4.78 is 16.8. The highest BCUT2D eigenvalue weighted by Gasteiger charge is 2.59.